The van der Waals surface area contributed by atoms with Gasteiger partial charge >= 0.3 is 0 Å². The fourth-order valence-corrected chi connectivity index (χ4v) is 2.94. The van der Waals surface area contributed by atoms with Crippen molar-refractivity contribution in [3.05, 3.63) is 24.3 Å². The Morgan fingerprint density at radius 1 is 1.20 bits per heavy atom. The molecule has 1 aliphatic heterocycles. The second kappa shape index (κ2) is 6.16. The van der Waals surface area contributed by atoms with Gasteiger partial charge in [-0.2, -0.15) is 0 Å². The molecular formula is C16H21NO3. The van der Waals surface area contributed by atoms with Crippen LogP contribution in [-0.4, -0.2) is 25.2 Å². The van der Waals surface area contributed by atoms with E-state index in [0.29, 0.717) is 25.5 Å². The van der Waals surface area contributed by atoms with Gasteiger partial charge < -0.3 is 14.8 Å². The van der Waals surface area contributed by atoms with Gasteiger partial charge in [0.2, 0.25) is 5.91 Å². The number of amides is 1. The molecule has 0 aromatic heterocycles. The normalized spacial score (nSPS) is 21.7. The van der Waals surface area contributed by atoms with E-state index in [2.05, 4.69) is 5.32 Å². The van der Waals surface area contributed by atoms with Crippen molar-refractivity contribution in [3.8, 4) is 11.5 Å². The summed E-state index contributed by atoms with van der Waals surface area (Å²) < 4.78 is 11.4. The summed E-state index contributed by atoms with van der Waals surface area (Å²) in [6, 6.07) is 7.63. The highest BCUT2D eigenvalue weighted by Crippen LogP contribution is 2.30. The predicted octanol–water partition coefficient (Wildman–Crippen LogP) is 2.52. The SMILES string of the molecule is O=C(CC1CCCC1)NCC1COc2ccccc2O1. The van der Waals surface area contributed by atoms with Crippen LogP contribution in [0.5, 0.6) is 11.5 Å². The summed E-state index contributed by atoms with van der Waals surface area (Å²) in [6.45, 7) is 1.00. The molecule has 1 aromatic carbocycles. The maximum absolute atomic E-state index is 11.9. The molecule has 108 valence electrons. The lowest BCUT2D eigenvalue weighted by Crippen LogP contribution is -2.41. The number of benzene rings is 1. The van der Waals surface area contributed by atoms with E-state index in [4.69, 9.17) is 9.47 Å². The fraction of sp³-hybridized carbons (Fsp3) is 0.562. The van der Waals surface area contributed by atoms with Gasteiger partial charge in [-0.25, -0.2) is 0 Å². The van der Waals surface area contributed by atoms with Crippen LogP contribution < -0.4 is 14.8 Å². The quantitative estimate of drug-likeness (QED) is 0.918. The number of hydrogen-bond donors (Lipinski definition) is 1. The molecule has 4 nitrogen and oxygen atoms in total. The van der Waals surface area contributed by atoms with Gasteiger partial charge in [-0.15, -0.1) is 0 Å². The zero-order valence-electron chi connectivity index (χ0n) is 11.6. The van der Waals surface area contributed by atoms with Crippen LogP contribution >= 0.6 is 0 Å². The Hall–Kier alpha value is -1.71. The van der Waals surface area contributed by atoms with Crippen LogP contribution in [0.15, 0.2) is 24.3 Å². The molecule has 1 amide bonds. The third kappa shape index (κ3) is 3.24. The molecule has 2 aliphatic rings. The monoisotopic (exact) mass is 275 g/mol. The molecular weight excluding hydrogens is 254 g/mol. The van der Waals surface area contributed by atoms with Crippen molar-refractivity contribution >= 4 is 5.91 Å². The van der Waals surface area contributed by atoms with Gasteiger partial charge in [-0.1, -0.05) is 25.0 Å². The largest absolute Gasteiger partial charge is 0.486 e. The molecule has 1 atom stereocenters. The van der Waals surface area contributed by atoms with E-state index in [1.54, 1.807) is 0 Å². The van der Waals surface area contributed by atoms with Crippen molar-refractivity contribution in [2.75, 3.05) is 13.2 Å². The lowest BCUT2D eigenvalue weighted by atomic mass is 10.0. The molecule has 0 bridgehead atoms. The van der Waals surface area contributed by atoms with Crippen LogP contribution in [0.4, 0.5) is 0 Å². The minimum atomic E-state index is -0.0996. The highest BCUT2D eigenvalue weighted by Gasteiger charge is 2.22. The van der Waals surface area contributed by atoms with Crippen LogP contribution in [-0.2, 0) is 4.79 Å². The molecule has 1 aliphatic carbocycles. The number of hydrogen-bond acceptors (Lipinski definition) is 3. The molecule has 1 saturated carbocycles. The zero-order chi connectivity index (χ0) is 13.8. The Kier molecular flexibility index (Phi) is 4.09. The van der Waals surface area contributed by atoms with Crippen molar-refractivity contribution in [1.82, 2.24) is 5.32 Å². The second-order valence-corrected chi connectivity index (χ2v) is 5.66. The smallest absolute Gasteiger partial charge is 0.220 e. The van der Waals surface area contributed by atoms with Gasteiger partial charge in [-0.3, -0.25) is 4.79 Å². The van der Waals surface area contributed by atoms with Crippen molar-refractivity contribution in [2.24, 2.45) is 5.92 Å². The van der Waals surface area contributed by atoms with Gasteiger partial charge in [0.25, 0.3) is 0 Å². The molecule has 3 rings (SSSR count). The number of fused-ring (bicyclic) bond motifs is 1. The van der Waals surface area contributed by atoms with Crippen molar-refractivity contribution in [1.29, 1.82) is 0 Å². The van der Waals surface area contributed by atoms with Gasteiger partial charge in [0.05, 0.1) is 6.54 Å². The first-order valence-corrected chi connectivity index (χ1v) is 7.46. The van der Waals surface area contributed by atoms with Gasteiger partial charge in [0, 0.05) is 6.42 Å². The van der Waals surface area contributed by atoms with Crippen LogP contribution in [0.3, 0.4) is 0 Å². The zero-order valence-corrected chi connectivity index (χ0v) is 11.6. The molecule has 1 aromatic rings. The van der Waals surface area contributed by atoms with Gasteiger partial charge in [0.1, 0.15) is 12.7 Å². The minimum absolute atomic E-state index is 0.0996. The number of rotatable bonds is 4. The highest BCUT2D eigenvalue weighted by atomic mass is 16.6. The maximum Gasteiger partial charge on any atom is 0.220 e. The first-order chi connectivity index (χ1) is 9.81. The lowest BCUT2D eigenvalue weighted by Gasteiger charge is -2.26. The van der Waals surface area contributed by atoms with E-state index in [9.17, 15) is 4.79 Å². The van der Waals surface area contributed by atoms with E-state index in [0.717, 1.165) is 11.5 Å². The second-order valence-electron chi connectivity index (χ2n) is 5.66. The van der Waals surface area contributed by atoms with Crippen molar-refractivity contribution in [2.45, 2.75) is 38.2 Å². The number of para-hydroxylation sites is 2. The molecule has 20 heavy (non-hydrogen) atoms. The lowest BCUT2D eigenvalue weighted by molar-refractivity contribution is -0.122. The summed E-state index contributed by atoms with van der Waals surface area (Å²) in [5.41, 5.74) is 0. The average molecular weight is 275 g/mol. The number of carbonyl (C=O) groups excluding carboxylic acids is 1. The Morgan fingerprint density at radius 2 is 1.95 bits per heavy atom. The van der Waals surface area contributed by atoms with Crippen molar-refractivity contribution in [3.63, 3.8) is 0 Å². The van der Waals surface area contributed by atoms with Crippen LogP contribution in [0.2, 0.25) is 0 Å². The summed E-state index contributed by atoms with van der Waals surface area (Å²) in [4.78, 5) is 11.9. The summed E-state index contributed by atoms with van der Waals surface area (Å²) in [5, 5.41) is 2.97. The Balaban J connectivity index is 1.44. The molecule has 1 fully saturated rings. The molecule has 0 spiro atoms. The molecule has 4 heteroatoms. The maximum atomic E-state index is 11.9. The summed E-state index contributed by atoms with van der Waals surface area (Å²) in [5.74, 6) is 2.26. The van der Waals surface area contributed by atoms with Gasteiger partial charge in [-0.05, 0) is 30.9 Å². The van der Waals surface area contributed by atoms with E-state index < -0.39 is 0 Å². The van der Waals surface area contributed by atoms with E-state index in [1.165, 1.54) is 25.7 Å². The molecule has 1 unspecified atom stereocenters. The number of nitrogens with one attached hydrogen (secondary N) is 1. The third-order valence-electron chi connectivity index (χ3n) is 4.04. The number of ether oxygens (including phenoxy) is 2. The standard InChI is InChI=1S/C16H21NO3/c18-16(9-12-5-1-2-6-12)17-10-13-11-19-14-7-3-4-8-15(14)20-13/h3-4,7-8,12-13H,1-2,5-6,9-11H2,(H,17,18). The Morgan fingerprint density at radius 3 is 2.75 bits per heavy atom. The van der Waals surface area contributed by atoms with E-state index >= 15 is 0 Å². The van der Waals surface area contributed by atoms with Crippen LogP contribution in [0.25, 0.3) is 0 Å². The predicted molar refractivity (Wildman–Crippen MR) is 75.9 cm³/mol. The third-order valence-corrected chi connectivity index (χ3v) is 4.04. The minimum Gasteiger partial charge on any atom is -0.486 e. The molecule has 1 heterocycles. The Bertz CT molecular complexity index is 469. The van der Waals surface area contributed by atoms with E-state index in [1.807, 2.05) is 24.3 Å². The van der Waals surface area contributed by atoms with Crippen molar-refractivity contribution < 1.29 is 14.3 Å². The summed E-state index contributed by atoms with van der Waals surface area (Å²) in [7, 11) is 0. The molecule has 0 saturated heterocycles. The highest BCUT2D eigenvalue weighted by molar-refractivity contribution is 5.76. The molecule has 0 radical (unpaired) electrons. The number of carbonyl (C=O) groups is 1. The fourth-order valence-electron chi connectivity index (χ4n) is 2.94. The van der Waals surface area contributed by atoms with Gasteiger partial charge in [0.15, 0.2) is 11.5 Å². The first-order valence-electron chi connectivity index (χ1n) is 7.46. The van der Waals surface area contributed by atoms with E-state index in [-0.39, 0.29) is 12.0 Å². The average Bonchev–Trinajstić information content (AvgIpc) is 2.98. The van der Waals surface area contributed by atoms with Crippen LogP contribution in [0, 0.1) is 5.92 Å². The van der Waals surface area contributed by atoms with Crippen LogP contribution in [0.1, 0.15) is 32.1 Å². The summed E-state index contributed by atoms with van der Waals surface area (Å²) >= 11 is 0. The Labute approximate surface area is 119 Å². The summed E-state index contributed by atoms with van der Waals surface area (Å²) in [6.07, 6.45) is 5.50. The molecule has 1 N–H and O–H groups in total. The first kappa shape index (κ1) is 13.3. The topological polar surface area (TPSA) is 47.6 Å².